The molecule has 1 amide bonds. The summed E-state index contributed by atoms with van der Waals surface area (Å²) in [5, 5.41) is 0. The summed E-state index contributed by atoms with van der Waals surface area (Å²) >= 11 is 2.99. The summed E-state index contributed by atoms with van der Waals surface area (Å²) in [5.74, 6) is -0.629. The largest absolute Gasteiger partial charge is 0.343 e. The van der Waals surface area contributed by atoms with Crippen molar-refractivity contribution in [1.29, 1.82) is 0 Å². The van der Waals surface area contributed by atoms with Crippen LogP contribution < -0.4 is 4.72 Å². The first-order valence-electron chi connectivity index (χ1n) is 6.52. The van der Waals surface area contributed by atoms with E-state index < -0.39 is 15.8 Å². The first-order chi connectivity index (χ1) is 9.79. The number of likely N-dealkylation sites (tertiary alicyclic amines) is 1. The van der Waals surface area contributed by atoms with Crippen LogP contribution in [0.1, 0.15) is 19.8 Å². The lowest BCUT2D eigenvalue weighted by molar-refractivity contribution is -0.129. The Labute approximate surface area is 131 Å². The van der Waals surface area contributed by atoms with E-state index in [1.54, 1.807) is 4.90 Å². The van der Waals surface area contributed by atoms with Crippen LogP contribution in [0.15, 0.2) is 27.6 Å². The molecule has 1 N–H and O–H groups in total. The predicted molar refractivity (Wildman–Crippen MR) is 79.7 cm³/mol. The molecule has 0 spiro atoms. The summed E-state index contributed by atoms with van der Waals surface area (Å²) in [7, 11) is -3.75. The van der Waals surface area contributed by atoms with Crippen LogP contribution in [0.5, 0.6) is 0 Å². The van der Waals surface area contributed by atoms with Gasteiger partial charge in [0.25, 0.3) is 0 Å². The maximum Gasteiger partial charge on any atom is 0.240 e. The van der Waals surface area contributed by atoms with Crippen LogP contribution in [0.4, 0.5) is 4.39 Å². The quantitative estimate of drug-likeness (QED) is 0.872. The van der Waals surface area contributed by atoms with Gasteiger partial charge >= 0.3 is 0 Å². The van der Waals surface area contributed by atoms with Crippen molar-refractivity contribution in [2.45, 2.75) is 30.7 Å². The molecule has 1 aliphatic rings. The van der Waals surface area contributed by atoms with Crippen LogP contribution >= 0.6 is 15.9 Å². The van der Waals surface area contributed by atoms with Gasteiger partial charge in [-0.25, -0.2) is 17.5 Å². The second-order valence-corrected chi connectivity index (χ2v) is 7.55. The Bertz CT molecular complexity index is 643. The Balaban J connectivity index is 2.05. The number of piperidine rings is 1. The van der Waals surface area contributed by atoms with Crippen molar-refractivity contribution in [1.82, 2.24) is 9.62 Å². The zero-order chi connectivity index (χ0) is 15.6. The molecule has 0 bridgehead atoms. The van der Waals surface area contributed by atoms with Gasteiger partial charge in [0.05, 0.1) is 9.37 Å². The molecule has 2 rings (SSSR count). The standard InChI is InChI=1S/C13H16BrFN2O3S/c1-9(18)17-6-4-10(5-7-17)16-21(19,20)11-2-3-12(14)13(15)8-11/h2-3,8,10,16H,4-7H2,1H3. The molecule has 1 heterocycles. The number of benzene rings is 1. The first kappa shape index (κ1) is 16.4. The summed E-state index contributed by atoms with van der Waals surface area (Å²) in [6.45, 7) is 2.55. The topological polar surface area (TPSA) is 66.5 Å². The Morgan fingerprint density at radius 2 is 2.00 bits per heavy atom. The Hall–Kier alpha value is -0.990. The van der Waals surface area contributed by atoms with Crippen molar-refractivity contribution in [3.63, 3.8) is 0 Å². The number of hydrogen-bond acceptors (Lipinski definition) is 3. The fourth-order valence-electron chi connectivity index (χ4n) is 2.24. The van der Waals surface area contributed by atoms with E-state index in [9.17, 15) is 17.6 Å². The molecule has 0 aliphatic carbocycles. The highest BCUT2D eigenvalue weighted by Crippen LogP contribution is 2.20. The monoisotopic (exact) mass is 378 g/mol. The lowest BCUT2D eigenvalue weighted by Crippen LogP contribution is -2.45. The molecule has 1 aromatic rings. The van der Waals surface area contributed by atoms with Gasteiger partial charge in [0.15, 0.2) is 0 Å². The molecule has 1 saturated heterocycles. The summed E-state index contributed by atoms with van der Waals surface area (Å²) < 4.78 is 40.6. The minimum absolute atomic E-state index is 0.00807. The lowest BCUT2D eigenvalue weighted by Gasteiger charge is -2.31. The van der Waals surface area contributed by atoms with Crippen LogP contribution in [0.25, 0.3) is 0 Å². The van der Waals surface area contributed by atoms with E-state index in [2.05, 4.69) is 20.7 Å². The van der Waals surface area contributed by atoms with Crippen molar-refractivity contribution < 1.29 is 17.6 Å². The summed E-state index contributed by atoms with van der Waals surface area (Å²) in [6.07, 6.45) is 1.11. The summed E-state index contributed by atoms with van der Waals surface area (Å²) in [5.41, 5.74) is 0. The third-order valence-corrected chi connectivity index (χ3v) is 5.62. The minimum atomic E-state index is -3.75. The maximum absolute atomic E-state index is 13.4. The molecule has 116 valence electrons. The Kier molecular flexibility index (Phi) is 5.00. The number of halogens is 2. The molecule has 21 heavy (non-hydrogen) atoms. The molecule has 0 radical (unpaired) electrons. The number of rotatable bonds is 3. The molecule has 0 atom stereocenters. The molecule has 1 aromatic carbocycles. The number of nitrogens with one attached hydrogen (secondary N) is 1. The third-order valence-electron chi connectivity index (χ3n) is 3.46. The second kappa shape index (κ2) is 6.41. The van der Waals surface area contributed by atoms with Gasteiger partial charge in [-0.1, -0.05) is 0 Å². The average Bonchev–Trinajstić information content (AvgIpc) is 2.42. The fourth-order valence-corrected chi connectivity index (χ4v) is 3.81. The SMILES string of the molecule is CC(=O)N1CCC(NS(=O)(=O)c2ccc(Br)c(F)c2)CC1. The second-order valence-electron chi connectivity index (χ2n) is 4.98. The van der Waals surface area contributed by atoms with Crippen molar-refractivity contribution in [3.8, 4) is 0 Å². The normalized spacial score (nSPS) is 17.0. The van der Waals surface area contributed by atoms with E-state index in [0.717, 1.165) is 6.07 Å². The van der Waals surface area contributed by atoms with Gasteiger partial charge < -0.3 is 4.90 Å². The molecule has 5 nitrogen and oxygen atoms in total. The van der Waals surface area contributed by atoms with E-state index in [-0.39, 0.29) is 21.3 Å². The Morgan fingerprint density at radius 1 is 1.38 bits per heavy atom. The Morgan fingerprint density at radius 3 is 2.52 bits per heavy atom. The molecule has 0 unspecified atom stereocenters. The van der Waals surface area contributed by atoms with Crippen LogP contribution in [0, 0.1) is 5.82 Å². The molecule has 1 fully saturated rings. The number of sulfonamides is 1. The van der Waals surface area contributed by atoms with Gasteiger partial charge in [0, 0.05) is 26.1 Å². The number of carbonyl (C=O) groups is 1. The fraction of sp³-hybridized carbons (Fsp3) is 0.462. The van der Waals surface area contributed by atoms with Gasteiger partial charge in [0.2, 0.25) is 15.9 Å². The van der Waals surface area contributed by atoms with Gasteiger partial charge in [-0.15, -0.1) is 0 Å². The number of amides is 1. The highest BCUT2D eigenvalue weighted by molar-refractivity contribution is 9.10. The van der Waals surface area contributed by atoms with Crippen LogP contribution in [0.2, 0.25) is 0 Å². The zero-order valence-corrected chi connectivity index (χ0v) is 13.9. The predicted octanol–water partition coefficient (Wildman–Crippen LogP) is 1.88. The maximum atomic E-state index is 13.4. The third kappa shape index (κ3) is 4.02. The minimum Gasteiger partial charge on any atom is -0.343 e. The van der Waals surface area contributed by atoms with Crippen molar-refractivity contribution in [2.24, 2.45) is 0 Å². The number of hydrogen-bond donors (Lipinski definition) is 1. The van der Waals surface area contributed by atoms with Gasteiger partial charge in [-0.2, -0.15) is 0 Å². The molecule has 8 heteroatoms. The van der Waals surface area contributed by atoms with E-state index in [1.165, 1.54) is 19.1 Å². The van der Waals surface area contributed by atoms with E-state index in [1.807, 2.05) is 0 Å². The first-order valence-corrected chi connectivity index (χ1v) is 8.80. The van der Waals surface area contributed by atoms with Crippen molar-refractivity contribution in [3.05, 3.63) is 28.5 Å². The van der Waals surface area contributed by atoms with Gasteiger partial charge in [0.1, 0.15) is 5.82 Å². The van der Waals surface area contributed by atoms with Gasteiger partial charge in [-0.05, 0) is 47.0 Å². The summed E-state index contributed by atoms with van der Waals surface area (Å²) in [6, 6.07) is 3.46. The highest BCUT2D eigenvalue weighted by atomic mass is 79.9. The van der Waals surface area contributed by atoms with Crippen molar-refractivity contribution >= 4 is 31.9 Å². The van der Waals surface area contributed by atoms with E-state index in [0.29, 0.717) is 25.9 Å². The summed E-state index contributed by atoms with van der Waals surface area (Å²) in [4.78, 5) is 12.8. The van der Waals surface area contributed by atoms with Gasteiger partial charge in [-0.3, -0.25) is 4.79 Å². The van der Waals surface area contributed by atoms with E-state index >= 15 is 0 Å². The average molecular weight is 379 g/mol. The van der Waals surface area contributed by atoms with Crippen LogP contribution in [-0.4, -0.2) is 38.4 Å². The molecule has 0 aromatic heterocycles. The van der Waals surface area contributed by atoms with Crippen LogP contribution in [-0.2, 0) is 14.8 Å². The molecule has 1 aliphatic heterocycles. The highest BCUT2D eigenvalue weighted by Gasteiger charge is 2.25. The molecular formula is C13H16BrFN2O3S. The van der Waals surface area contributed by atoms with Crippen molar-refractivity contribution in [2.75, 3.05) is 13.1 Å². The zero-order valence-electron chi connectivity index (χ0n) is 11.5. The number of nitrogens with zero attached hydrogens (tertiary/aromatic N) is 1. The molecular weight excluding hydrogens is 363 g/mol. The lowest BCUT2D eigenvalue weighted by atomic mass is 10.1. The van der Waals surface area contributed by atoms with E-state index in [4.69, 9.17) is 0 Å². The molecule has 0 saturated carbocycles. The van der Waals surface area contributed by atoms with Crippen LogP contribution in [0.3, 0.4) is 0 Å². The smallest absolute Gasteiger partial charge is 0.240 e. The number of carbonyl (C=O) groups excluding carboxylic acids is 1.